The van der Waals surface area contributed by atoms with Gasteiger partial charge in [0.25, 0.3) is 0 Å². The van der Waals surface area contributed by atoms with E-state index in [0.717, 1.165) is 5.75 Å². The molecule has 0 unspecified atom stereocenters. The van der Waals surface area contributed by atoms with E-state index in [1.165, 1.54) is 20.1 Å². The normalized spacial score (nSPS) is 10.9. The molecule has 0 aliphatic heterocycles. The molecule has 0 nitrogen and oxygen atoms in total. The van der Waals surface area contributed by atoms with Crippen LogP contribution in [0.2, 0.25) is 0 Å². The van der Waals surface area contributed by atoms with Crippen LogP contribution in [0.1, 0.15) is 5.56 Å². The molecule has 2 rings (SSSR count). The van der Waals surface area contributed by atoms with E-state index >= 15 is 0 Å². The Labute approximate surface area is 94.5 Å². The van der Waals surface area contributed by atoms with E-state index in [1.54, 1.807) is 0 Å². The number of thioether (sulfide) groups is 1. The molecule has 68 valence electrons. The van der Waals surface area contributed by atoms with Crippen molar-refractivity contribution in [3.63, 3.8) is 0 Å². The van der Waals surface area contributed by atoms with Gasteiger partial charge in [0.1, 0.15) is 0 Å². The van der Waals surface area contributed by atoms with Gasteiger partial charge in [-0.25, -0.2) is 0 Å². The van der Waals surface area contributed by atoms with Crippen molar-refractivity contribution in [1.29, 1.82) is 0 Å². The van der Waals surface area contributed by atoms with Gasteiger partial charge in [0.15, 0.2) is 0 Å². The van der Waals surface area contributed by atoms with Gasteiger partial charge in [-0.15, -0.1) is 11.3 Å². The minimum absolute atomic E-state index is 1.10. The van der Waals surface area contributed by atoms with E-state index in [2.05, 4.69) is 45.8 Å². The van der Waals surface area contributed by atoms with Crippen LogP contribution in [-0.2, 0) is 5.75 Å². The van der Waals surface area contributed by atoms with Gasteiger partial charge in [0.05, 0.1) is 0 Å². The van der Waals surface area contributed by atoms with Crippen LogP contribution in [0.5, 0.6) is 0 Å². The Bertz CT molecular complexity index is 420. The van der Waals surface area contributed by atoms with E-state index in [9.17, 15) is 0 Å². The molecule has 0 spiro atoms. The maximum absolute atomic E-state index is 3.59. The first-order valence-corrected chi connectivity index (χ1v) is 7.03. The maximum atomic E-state index is 3.59. The van der Waals surface area contributed by atoms with Crippen molar-refractivity contribution >= 4 is 49.1 Å². The quantitative estimate of drug-likeness (QED) is 0.774. The SMILES string of the molecule is CSCc1csc2cccc(Br)c12. The second-order valence-electron chi connectivity index (χ2n) is 2.81. The van der Waals surface area contributed by atoms with Crippen LogP contribution in [0.25, 0.3) is 10.1 Å². The molecule has 1 aromatic carbocycles. The Morgan fingerprint density at radius 1 is 1.46 bits per heavy atom. The van der Waals surface area contributed by atoms with Crippen LogP contribution in [0.15, 0.2) is 28.1 Å². The van der Waals surface area contributed by atoms with Crippen molar-refractivity contribution in [1.82, 2.24) is 0 Å². The lowest BCUT2D eigenvalue weighted by atomic mass is 10.2. The first-order valence-electron chi connectivity index (χ1n) is 3.96. The Hall–Kier alpha value is 0.01000. The predicted octanol–water partition coefficient (Wildman–Crippen LogP) is 4.53. The molecule has 0 atom stereocenters. The van der Waals surface area contributed by atoms with Crippen LogP contribution in [-0.4, -0.2) is 6.26 Å². The molecule has 13 heavy (non-hydrogen) atoms. The summed E-state index contributed by atoms with van der Waals surface area (Å²) in [5.74, 6) is 1.10. The van der Waals surface area contributed by atoms with E-state index in [1.807, 2.05) is 23.1 Å². The summed E-state index contributed by atoms with van der Waals surface area (Å²) in [6, 6.07) is 6.37. The first kappa shape index (κ1) is 9.56. The standard InChI is InChI=1S/C10H9BrS2/c1-12-5-7-6-13-9-4-2-3-8(11)10(7)9/h2-4,6H,5H2,1H3. The molecular formula is C10H9BrS2. The highest BCUT2D eigenvalue weighted by Gasteiger charge is 2.05. The van der Waals surface area contributed by atoms with Gasteiger partial charge in [-0.3, -0.25) is 0 Å². The average Bonchev–Trinajstić information content (AvgIpc) is 2.51. The molecule has 0 bridgehead atoms. The van der Waals surface area contributed by atoms with Gasteiger partial charge in [-0.1, -0.05) is 22.0 Å². The summed E-state index contributed by atoms with van der Waals surface area (Å²) in [7, 11) is 0. The monoisotopic (exact) mass is 272 g/mol. The zero-order valence-electron chi connectivity index (χ0n) is 7.21. The first-order chi connectivity index (χ1) is 6.33. The summed E-state index contributed by atoms with van der Waals surface area (Å²) in [5.41, 5.74) is 1.44. The third-order valence-corrected chi connectivity index (χ3v) is 4.18. The molecule has 0 aliphatic rings. The molecule has 2 aromatic rings. The van der Waals surface area contributed by atoms with Crippen LogP contribution >= 0.6 is 39.0 Å². The minimum Gasteiger partial charge on any atom is -0.161 e. The molecule has 0 N–H and O–H groups in total. The van der Waals surface area contributed by atoms with Crippen LogP contribution in [0, 0.1) is 0 Å². The van der Waals surface area contributed by atoms with Gasteiger partial charge < -0.3 is 0 Å². The summed E-state index contributed by atoms with van der Waals surface area (Å²) in [5, 5.41) is 3.65. The Balaban J connectivity index is 2.64. The third kappa shape index (κ3) is 1.78. The molecular weight excluding hydrogens is 264 g/mol. The number of fused-ring (bicyclic) bond motifs is 1. The van der Waals surface area contributed by atoms with E-state index in [-0.39, 0.29) is 0 Å². The molecule has 1 aromatic heterocycles. The van der Waals surface area contributed by atoms with Crippen molar-refractivity contribution in [3.05, 3.63) is 33.6 Å². The van der Waals surface area contributed by atoms with Gasteiger partial charge in [-0.2, -0.15) is 11.8 Å². The number of thiophene rings is 1. The Morgan fingerprint density at radius 3 is 3.08 bits per heavy atom. The van der Waals surface area contributed by atoms with E-state index in [4.69, 9.17) is 0 Å². The number of halogens is 1. The van der Waals surface area contributed by atoms with Crippen LogP contribution < -0.4 is 0 Å². The van der Waals surface area contributed by atoms with Crippen molar-refractivity contribution in [2.75, 3.05) is 6.26 Å². The number of rotatable bonds is 2. The minimum atomic E-state index is 1.10. The highest BCUT2D eigenvalue weighted by molar-refractivity contribution is 9.10. The zero-order valence-corrected chi connectivity index (χ0v) is 10.4. The van der Waals surface area contributed by atoms with Crippen LogP contribution in [0.3, 0.4) is 0 Å². The summed E-state index contributed by atoms with van der Waals surface area (Å²) in [4.78, 5) is 0. The fraction of sp³-hybridized carbons (Fsp3) is 0.200. The number of hydrogen-bond acceptors (Lipinski definition) is 2. The second-order valence-corrected chi connectivity index (χ2v) is 5.44. The van der Waals surface area contributed by atoms with Gasteiger partial charge in [-0.05, 0) is 29.3 Å². The van der Waals surface area contributed by atoms with Gasteiger partial charge in [0, 0.05) is 20.3 Å². The maximum Gasteiger partial charge on any atom is 0.0357 e. The van der Waals surface area contributed by atoms with Gasteiger partial charge >= 0.3 is 0 Å². The smallest absolute Gasteiger partial charge is 0.0357 e. The molecule has 0 saturated heterocycles. The average molecular weight is 273 g/mol. The summed E-state index contributed by atoms with van der Waals surface area (Å²) < 4.78 is 2.59. The molecule has 3 heteroatoms. The van der Waals surface area contributed by atoms with E-state index < -0.39 is 0 Å². The molecule has 0 radical (unpaired) electrons. The Morgan fingerprint density at radius 2 is 2.31 bits per heavy atom. The predicted molar refractivity (Wildman–Crippen MR) is 66.7 cm³/mol. The van der Waals surface area contributed by atoms with Crippen molar-refractivity contribution < 1.29 is 0 Å². The lowest BCUT2D eigenvalue weighted by Gasteiger charge is -1.98. The highest BCUT2D eigenvalue weighted by Crippen LogP contribution is 2.33. The summed E-state index contributed by atoms with van der Waals surface area (Å²) in [6.07, 6.45) is 2.14. The zero-order chi connectivity index (χ0) is 9.26. The molecule has 0 aliphatic carbocycles. The second kappa shape index (κ2) is 4.03. The highest BCUT2D eigenvalue weighted by atomic mass is 79.9. The van der Waals surface area contributed by atoms with Crippen molar-refractivity contribution in [2.24, 2.45) is 0 Å². The topological polar surface area (TPSA) is 0 Å². The number of benzene rings is 1. The van der Waals surface area contributed by atoms with E-state index in [0.29, 0.717) is 0 Å². The van der Waals surface area contributed by atoms with Gasteiger partial charge in [0.2, 0.25) is 0 Å². The summed E-state index contributed by atoms with van der Waals surface area (Å²) >= 11 is 7.29. The molecule has 0 amide bonds. The molecule has 0 fully saturated rings. The van der Waals surface area contributed by atoms with Crippen molar-refractivity contribution in [3.8, 4) is 0 Å². The fourth-order valence-corrected chi connectivity index (χ4v) is 3.75. The third-order valence-electron chi connectivity index (χ3n) is 1.92. The summed E-state index contributed by atoms with van der Waals surface area (Å²) in [6.45, 7) is 0. The van der Waals surface area contributed by atoms with Crippen molar-refractivity contribution in [2.45, 2.75) is 5.75 Å². The number of hydrogen-bond donors (Lipinski definition) is 0. The molecule has 1 heterocycles. The lowest BCUT2D eigenvalue weighted by Crippen LogP contribution is -1.76. The fourth-order valence-electron chi connectivity index (χ4n) is 1.37. The lowest BCUT2D eigenvalue weighted by molar-refractivity contribution is 1.51. The molecule has 0 saturated carbocycles. The Kier molecular flexibility index (Phi) is 2.96. The largest absolute Gasteiger partial charge is 0.161 e. The van der Waals surface area contributed by atoms with Crippen LogP contribution in [0.4, 0.5) is 0 Å².